The van der Waals surface area contributed by atoms with Gasteiger partial charge >= 0.3 is 17.6 Å². The number of Topliss-reactive ketones (excluding diaryl/α,β-unsaturated/α-hetero) is 1. The third-order valence-corrected chi connectivity index (χ3v) is 5.59. The standard InChI is InChI=1S/C19H29F2N3O9P2/c1-18(2,3)22-6-4-14(26)31-9-12(25)8-11-5-7-24(17(28)23-11)16-19(20,21)15(27)13(33-16)10-32-35(29,30)34/h5,7,13,15-16,22,27,29-30,34H,4,6,8-10H2,1-3H3/t13-,15-,16-/m1/s1. The van der Waals surface area contributed by atoms with Crippen LogP contribution in [-0.2, 0) is 30.0 Å². The molecule has 2 rings (SSSR count). The minimum Gasteiger partial charge on any atom is -0.458 e. The number of rotatable bonds is 11. The van der Waals surface area contributed by atoms with Crippen molar-refractivity contribution in [2.24, 2.45) is 0 Å². The highest BCUT2D eigenvalue weighted by atomic mass is 31.8. The molecule has 1 fully saturated rings. The lowest BCUT2D eigenvalue weighted by Gasteiger charge is -2.21. The number of carbonyl (C=O) groups is 2. The van der Waals surface area contributed by atoms with Gasteiger partial charge in [-0.05, 0) is 35.4 Å². The number of halogens is 2. The van der Waals surface area contributed by atoms with Gasteiger partial charge in [0, 0.05) is 18.3 Å². The molecule has 0 amide bonds. The van der Waals surface area contributed by atoms with Gasteiger partial charge in [0.15, 0.2) is 11.9 Å². The van der Waals surface area contributed by atoms with E-state index in [2.05, 4.69) is 23.4 Å². The van der Waals surface area contributed by atoms with Gasteiger partial charge in [-0.15, -0.1) is 0 Å². The van der Waals surface area contributed by atoms with Crippen molar-refractivity contribution in [2.45, 2.75) is 63.5 Å². The lowest BCUT2D eigenvalue weighted by atomic mass is 10.1. The number of alkyl halides is 2. The quantitative estimate of drug-likeness (QED) is 0.225. The van der Waals surface area contributed by atoms with Crippen LogP contribution in [-0.4, -0.2) is 79.6 Å². The molecule has 0 bridgehead atoms. The van der Waals surface area contributed by atoms with Gasteiger partial charge in [0.2, 0.25) is 6.23 Å². The number of ether oxygens (including phenoxy) is 2. The fraction of sp³-hybridized carbons (Fsp3) is 0.684. The molecule has 35 heavy (non-hydrogen) atoms. The fourth-order valence-electron chi connectivity index (χ4n) is 3.03. The summed E-state index contributed by atoms with van der Waals surface area (Å²) in [5.41, 5.74) is -1.40. The van der Waals surface area contributed by atoms with Crippen molar-refractivity contribution >= 4 is 27.5 Å². The van der Waals surface area contributed by atoms with Gasteiger partial charge < -0.3 is 34.2 Å². The van der Waals surface area contributed by atoms with Crippen LogP contribution in [0.2, 0.25) is 0 Å². The van der Waals surface area contributed by atoms with Gasteiger partial charge in [0.1, 0.15) is 12.7 Å². The smallest absolute Gasteiger partial charge is 0.350 e. The van der Waals surface area contributed by atoms with E-state index < -0.39 is 62.2 Å². The highest BCUT2D eigenvalue weighted by Crippen LogP contribution is 2.46. The van der Waals surface area contributed by atoms with E-state index in [9.17, 15) is 28.3 Å². The van der Waals surface area contributed by atoms with Crippen molar-refractivity contribution < 1.29 is 47.3 Å². The van der Waals surface area contributed by atoms with Crippen LogP contribution in [0.3, 0.4) is 0 Å². The second-order valence-electron chi connectivity index (χ2n) is 8.90. The van der Waals surface area contributed by atoms with E-state index in [1.807, 2.05) is 20.8 Å². The predicted octanol–water partition coefficient (Wildman–Crippen LogP) is 0.391. The van der Waals surface area contributed by atoms with E-state index in [1.54, 1.807) is 0 Å². The first kappa shape index (κ1) is 29.6. The lowest BCUT2D eigenvalue weighted by Crippen LogP contribution is -2.42. The second-order valence-corrected chi connectivity index (χ2v) is 12.0. The number of nitrogens with zero attached hydrogens (tertiary/aromatic N) is 2. The number of esters is 1. The number of carbonyl (C=O) groups excluding carboxylic acids is 2. The number of nitrogens with one attached hydrogen (secondary N) is 1. The summed E-state index contributed by atoms with van der Waals surface area (Å²) in [4.78, 5) is 58.1. The Morgan fingerprint density at radius 1 is 1.37 bits per heavy atom. The van der Waals surface area contributed by atoms with E-state index in [0.29, 0.717) is 11.1 Å². The Balaban J connectivity index is 1.96. The molecule has 3 atom stereocenters. The lowest BCUT2D eigenvalue weighted by molar-refractivity contribution is -0.147. The summed E-state index contributed by atoms with van der Waals surface area (Å²) in [6, 6.07) is 1.14. The molecular weight excluding hydrogens is 514 g/mol. The van der Waals surface area contributed by atoms with Crippen LogP contribution in [0.15, 0.2) is 17.1 Å². The van der Waals surface area contributed by atoms with Crippen LogP contribution in [0.25, 0.3) is 0 Å². The monoisotopic (exact) mass is 543 g/mol. The molecule has 1 aliphatic heterocycles. The molecule has 1 aromatic rings. The largest absolute Gasteiger partial charge is 0.458 e. The molecule has 1 aromatic heterocycles. The van der Waals surface area contributed by atoms with Gasteiger partial charge in [-0.1, -0.05) is 0 Å². The molecule has 1 saturated heterocycles. The molecule has 0 saturated carbocycles. The zero-order valence-corrected chi connectivity index (χ0v) is 21.2. The molecule has 1 aliphatic rings. The molecule has 0 aromatic carbocycles. The van der Waals surface area contributed by atoms with E-state index in [1.165, 1.54) is 0 Å². The molecule has 0 radical (unpaired) electrons. The summed E-state index contributed by atoms with van der Waals surface area (Å²) in [6.07, 6.45) is -5.73. The van der Waals surface area contributed by atoms with Crippen LogP contribution < -0.4 is 11.0 Å². The van der Waals surface area contributed by atoms with Crippen molar-refractivity contribution in [3.63, 3.8) is 0 Å². The summed E-state index contributed by atoms with van der Waals surface area (Å²) in [6.45, 7) is 4.82. The maximum absolute atomic E-state index is 14.5. The molecule has 198 valence electrons. The fourth-order valence-corrected chi connectivity index (χ4v) is 3.61. The second kappa shape index (κ2) is 11.6. The molecular formula is C19H29F2N3O9P2. The summed E-state index contributed by atoms with van der Waals surface area (Å²) < 4.78 is 44.0. The highest BCUT2D eigenvalue weighted by molar-refractivity contribution is 7.88. The molecule has 0 unspecified atom stereocenters. The first-order valence-corrected chi connectivity index (χ1v) is 13.4. The summed E-state index contributed by atoms with van der Waals surface area (Å²) in [5, 5.41) is 13.0. The molecule has 12 nitrogen and oxygen atoms in total. The van der Waals surface area contributed by atoms with Crippen molar-refractivity contribution in [1.29, 1.82) is 0 Å². The van der Waals surface area contributed by atoms with Gasteiger partial charge in [-0.25, -0.2) is 4.79 Å². The SMILES string of the molecule is CC(C)(C)NCCC(=O)OCC(=O)Cc1ccn([C@@H]2O[C@H](COP(O)(O)=P)[C@@H](O)C2(F)F)c(=O)n1. The zero-order chi connectivity index (χ0) is 26.6. The van der Waals surface area contributed by atoms with Gasteiger partial charge in [-0.3, -0.25) is 14.2 Å². The maximum Gasteiger partial charge on any atom is 0.350 e. The van der Waals surface area contributed by atoms with E-state index in [0.717, 1.165) is 12.3 Å². The number of ketones is 1. The van der Waals surface area contributed by atoms with Crippen molar-refractivity contribution in [2.75, 3.05) is 19.8 Å². The van der Waals surface area contributed by atoms with Crippen molar-refractivity contribution in [3.8, 4) is 0 Å². The zero-order valence-electron chi connectivity index (χ0n) is 19.3. The first-order valence-electron chi connectivity index (χ1n) is 10.5. The number of hydrogen-bond donors (Lipinski definition) is 4. The Hall–Kier alpha value is -1.63. The summed E-state index contributed by atoms with van der Waals surface area (Å²) in [7, 11) is -1.48. The third-order valence-electron chi connectivity index (χ3n) is 4.70. The maximum atomic E-state index is 14.5. The Bertz CT molecular complexity index is 1030. The van der Waals surface area contributed by atoms with Crippen LogP contribution in [0, 0.1) is 0 Å². The third kappa shape index (κ3) is 9.07. The van der Waals surface area contributed by atoms with E-state index in [4.69, 9.17) is 19.3 Å². The van der Waals surface area contributed by atoms with Gasteiger partial charge in [-0.2, -0.15) is 13.8 Å². The molecule has 2 heterocycles. The average molecular weight is 543 g/mol. The highest BCUT2D eigenvalue weighted by Gasteiger charge is 2.59. The minimum atomic E-state index is -3.96. The Morgan fingerprint density at radius 2 is 2.03 bits per heavy atom. The van der Waals surface area contributed by atoms with Crippen LogP contribution >= 0.6 is 15.8 Å². The summed E-state index contributed by atoms with van der Waals surface area (Å²) >= 11 is 0. The number of aliphatic hydroxyl groups is 1. The molecule has 0 aliphatic carbocycles. The van der Waals surface area contributed by atoms with Crippen molar-refractivity contribution in [1.82, 2.24) is 14.9 Å². The normalized spacial score (nSPS) is 22.2. The van der Waals surface area contributed by atoms with Crippen LogP contribution in [0.4, 0.5) is 8.78 Å². The van der Waals surface area contributed by atoms with E-state index in [-0.39, 0.29) is 24.1 Å². The predicted molar refractivity (Wildman–Crippen MR) is 121 cm³/mol. The Labute approximate surface area is 201 Å². The molecule has 4 N–H and O–H groups in total. The number of hydrogen-bond acceptors (Lipinski definition) is 9. The number of aliphatic hydroxyl groups excluding tert-OH is 1. The average Bonchev–Trinajstić information content (AvgIpc) is 2.93. The van der Waals surface area contributed by atoms with Crippen LogP contribution in [0.1, 0.15) is 39.1 Å². The summed E-state index contributed by atoms with van der Waals surface area (Å²) in [5.74, 6) is -5.08. The Kier molecular flexibility index (Phi) is 9.82. The molecule has 16 heteroatoms. The van der Waals surface area contributed by atoms with Crippen LogP contribution in [0.5, 0.6) is 0 Å². The Morgan fingerprint density at radius 3 is 2.60 bits per heavy atom. The van der Waals surface area contributed by atoms with Gasteiger partial charge in [0.25, 0.3) is 7.23 Å². The van der Waals surface area contributed by atoms with E-state index >= 15 is 0 Å². The first-order chi connectivity index (χ1) is 16.0. The minimum absolute atomic E-state index is 0.0439. The van der Waals surface area contributed by atoms with Gasteiger partial charge in [0.05, 0.1) is 25.1 Å². The van der Waals surface area contributed by atoms with Crippen molar-refractivity contribution in [3.05, 3.63) is 28.4 Å². The number of aromatic nitrogens is 2. The molecule has 0 spiro atoms. The topological polar surface area (TPSA) is 169 Å².